The Morgan fingerprint density at radius 2 is 1.90 bits per heavy atom. The van der Waals surface area contributed by atoms with Crippen LogP contribution < -0.4 is 5.32 Å². The summed E-state index contributed by atoms with van der Waals surface area (Å²) in [7, 11) is 0. The van der Waals surface area contributed by atoms with Crippen LogP contribution in [0.2, 0.25) is 5.02 Å². The Kier molecular flexibility index (Phi) is 4.21. The van der Waals surface area contributed by atoms with Crippen molar-refractivity contribution >= 4 is 45.7 Å². The fourth-order valence-corrected chi connectivity index (χ4v) is 2.58. The average molecular weight is 313 g/mol. The molecule has 0 amide bonds. The first-order chi connectivity index (χ1) is 9.45. The molecule has 0 aliphatic rings. The molecule has 0 radical (unpaired) electrons. The van der Waals surface area contributed by atoms with Gasteiger partial charge in [0.2, 0.25) is 0 Å². The highest BCUT2D eigenvalue weighted by Gasteiger charge is 2.19. The molecule has 1 aromatic carbocycles. The van der Waals surface area contributed by atoms with Gasteiger partial charge in [-0.05, 0) is 24.3 Å². The molecule has 0 saturated heterocycles. The number of carboxylic acid groups (broad SMARTS) is 2. The molecule has 20 heavy (non-hydrogen) atoms. The van der Waals surface area contributed by atoms with E-state index in [1.165, 1.54) is 0 Å². The Labute approximate surface area is 122 Å². The van der Waals surface area contributed by atoms with Gasteiger partial charge in [0.05, 0.1) is 11.3 Å². The number of carbonyl (C=O) groups is 2. The maximum absolute atomic E-state index is 11.0. The van der Waals surface area contributed by atoms with Crippen LogP contribution >= 0.6 is 22.9 Å². The van der Waals surface area contributed by atoms with Crippen molar-refractivity contribution in [3.8, 4) is 0 Å². The zero-order valence-electron chi connectivity index (χ0n) is 9.96. The number of benzene rings is 1. The van der Waals surface area contributed by atoms with Gasteiger partial charge in [-0.25, -0.2) is 9.78 Å². The first kappa shape index (κ1) is 14.3. The average Bonchev–Trinajstić information content (AvgIpc) is 2.74. The number of rotatable bonds is 5. The molecule has 0 saturated carbocycles. The topological polar surface area (TPSA) is 99.5 Å². The molecule has 1 heterocycles. The Hall–Kier alpha value is -2.12. The van der Waals surface area contributed by atoms with Gasteiger partial charge in [0, 0.05) is 10.7 Å². The molecule has 2 aromatic rings. The number of anilines is 2. The van der Waals surface area contributed by atoms with Gasteiger partial charge in [0.15, 0.2) is 10.8 Å². The van der Waals surface area contributed by atoms with E-state index in [0.29, 0.717) is 15.8 Å². The smallest absolute Gasteiger partial charge is 0.355 e. The molecule has 0 aliphatic heterocycles. The zero-order valence-corrected chi connectivity index (χ0v) is 11.5. The van der Waals surface area contributed by atoms with Gasteiger partial charge in [0.25, 0.3) is 0 Å². The molecule has 8 heteroatoms. The van der Waals surface area contributed by atoms with E-state index in [4.69, 9.17) is 21.8 Å². The van der Waals surface area contributed by atoms with E-state index in [1.807, 2.05) is 0 Å². The van der Waals surface area contributed by atoms with E-state index in [1.54, 1.807) is 24.3 Å². The van der Waals surface area contributed by atoms with Gasteiger partial charge in [0.1, 0.15) is 0 Å². The van der Waals surface area contributed by atoms with Crippen molar-refractivity contribution in [2.75, 3.05) is 5.32 Å². The lowest BCUT2D eigenvalue weighted by atomic mass is 10.3. The first-order valence-electron chi connectivity index (χ1n) is 5.43. The Morgan fingerprint density at radius 1 is 1.25 bits per heavy atom. The van der Waals surface area contributed by atoms with E-state index >= 15 is 0 Å². The Bertz CT molecular complexity index is 654. The number of hydrogen-bond donors (Lipinski definition) is 3. The number of aromatic nitrogens is 1. The summed E-state index contributed by atoms with van der Waals surface area (Å²) in [5.41, 5.74) is 0.441. The number of halogens is 1. The third-order valence-electron chi connectivity index (χ3n) is 2.31. The summed E-state index contributed by atoms with van der Waals surface area (Å²) in [6.07, 6.45) is -0.373. The summed E-state index contributed by atoms with van der Waals surface area (Å²) >= 11 is 6.76. The number of aromatic carboxylic acids is 1. The maximum Gasteiger partial charge on any atom is 0.355 e. The highest BCUT2D eigenvalue weighted by Crippen LogP contribution is 2.27. The van der Waals surface area contributed by atoms with Gasteiger partial charge in [-0.3, -0.25) is 4.79 Å². The predicted molar refractivity (Wildman–Crippen MR) is 75.1 cm³/mol. The fraction of sp³-hybridized carbons (Fsp3) is 0.0833. The summed E-state index contributed by atoms with van der Waals surface area (Å²) in [4.78, 5) is 25.8. The molecular formula is C12H9ClN2O4S. The largest absolute Gasteiger partial charge is 0.481 e. The van der Waals surface area contributed by atoms with Crippen molar-refractivity contribution in [3.05, 3.63) is 39.9 Å². The number of carboxylic acids is 2. The number of nitrogens with one attached hydrogen (secondary N) is 1. The molecule has 0 unspecified atom stereocenters. The monoisotopic (exact) mass is 312 g/mol. The third-order valence-corrected chi connectivity index (χ3v) is 3.53. The van der Waals surface area contributed by atoms with Crippen molar-refractivity contribution in [2.24, 2.45) is 0 Å². The van der Waals surface area contributed by atoms with E-state index in [9.17, 15) is 9.59 Å². The van der Waals surface area contributed by atoms with E-state index in [-0.39, 0.29) is 17.0 Å². The number of aliphatic carboxylic acids is 1. The molecule has 0 fully saturated rings. The van der Waals surface area contributed by atoms with Crippen LogP contribution in [-0.4, -0.2) is 27.1 Å². The van der Waals surface area contributed by atoms with Crippen molar-refractivity contribution in [1.29, 1.82) is 0 Å². The maximum atomic E-state index is 11.0. The third kappa shape index (κ3) is 3.46. The Balaban J connectivity index is 2.26. The zero-order chi connectivity index (χ0) is 14.7. The lowest BCUT2D eigenvalue weighted by Crippen LogP contribution is -2.05. The molecule has 104 valence electrons. The van der Waals surface area contributed by atoms with Crippen LogP contribution in [0.3, 0.4) is 0 Å². The summed E-state index contributed by atoms with van der Waals surface area (Å²) < 4.78 is 0. The fourth-order valence-electron chi connectivity index (χ4n) is 1.49. The second-order valence-electron chi connectivity index (χ2n) is 3.80. The molecule has 0 bridgehead atoms. The minimum atomic E-state index is -1.25. The second kappa shape index (κ2) is 5.89. The molecule has 2 rings (SSSR count). The van der Waals surface area contributed by atoms with Gasteiger partial charge < -0.3 is 15.5 Å². The predicted octanol–water partition coefficient (Wildman–Crippen LogP) is 2.87. The molecule has 0 spiro atoms. The van der Waals surface area contributed by atoms with Crippen LogP contribution in [0.5, 0.6) is 0 Å². The van der Waals surface area contributed by atoms with Crippen LogP contribution in [-0.2, 0) is 11.2 Å². The molecule has 0 aliphatic carbocycles. The van der Waals surface area contributed by atoms with Crippen molar-refractivity contribution < 1.29 is 19.8 Å². The van der Waals surface area contributed by atoms with E-state index in [2.05, 4.69) is 10.3 Å². The quantitative estimate of drug-likeness (QED) is 0.785. The lowest BCUT2D eigenvalue weighted by Gasteiger charge is -2.01. The van der Waals surface area contributed by atoms with E-state index < -0.39 is 11.9 Å². The second-order valence-corrected chi connectivity index (χ2v) is 5.32. The summed E-state index contributed by atoms with van der Waals surface area (Å²) in [5.74, 6) is -2.35. The van der Waals surface area contributed by atoms with Crippen LogP contribution in [0.1, 0.15) is 15.4 Å². The van der Waals surface area contributed by atoms with Crippen LogP contribution in [0, 0.1) is 0 Å². The van der Waals surface area contributed by atoms with Crippen LogP contribution in [0.15, 0.2) is 24.3 Å². The van der Waals surface area contributed by atoms with Crippen molar-refractivity contribution in [3.63, 3.8) is 0 Å². The van der Waals surface area contributed by atoms with Gasteiger partial charge in [-0.15, -0.1) is 11.3 Å². The number of thiazole rings is 1. The van der Waals surface area contributed by atoms with Crippen LogP contribution in [0.4, 0.5) is 10.8 Å². The molecule has 6 nitrogen and oxygen atoms in total. The van der Waals surface area contributed by atoms with Gasteiger partial charge >= 0.3 is 11.9 Å². The number of nitrogens with zero attached hydrogens (tertiary/aromatic N) is 1. The molecule has 0 atom stereocenters. The normalized spacial score (nSPS) is 10.2. The SMILES string of the molecule is O=C(O)Cc1sc(Nc2ccc(Cl)cc2)nc1C(=O)O. The summed E-state index contributed by atoms with van der Waals surface area (Å²) in [6, 6.07) is 6.77. The minimum Gasteiger partial charge on any atom is -0.481 e. The minimum absolute atomic E-state index is 0.196. The first-order valence-corrected chi connectivity index (χ1v) is 6.62. The highest BCUT2D eigenvalue weighted by molar-refractivity contribution is 7.16. The molecule has 3 N–H and O–H groups in total. The summed E-state index contributed by atoms with van der Waals surface area (Å²) in [5, 5.41) is 21.6. The summed E-state index contributed by atoms with van der Waals surface area (Å²) in [6.45, 7) is 0. The lowest BCUT2D eigenvalue weighted by molar-refractivity contribution is -0.136. The van der Waals surface area contributed by atoms with E-state index in [0.717, 1.165) is 11.3 Å². The molecular weight excluding hydrogens is 304 g/mol. The van der Waals surface area contributed by atoms with Crippen molar-refractivity contribution in [2.45, 2.75) is 6.42 Å². The highest BCUT2D eigenvalue weighted by atomic mass is 35.5. The van der Waals surface area contributed by atoms with Crippen LogP contribution in [0.25, 0.3) is 0 Å². The molecule has 1 aromatic heterocycles. The standard InChI is InChI=1S/C12H9ClN2O4S/c13-6-1-3-7(4-2-6)14-12-15-10(11(18)19)8(20-12)5-9(16)17/h1-4H,5H2,(H,14,15)(H,16,17)(H,18,19). The number of hydrogen-bond acceptors (Lipinski definition) is 5. The van der Waals surface area contributed by atoms with Gasteiger partial charge in [-0.1, -0.05) is 11.6 Å². The van der Waals surface area contributed by atoms with Crippen molar-refractivity contribution in [1.82, 2.24) is 4.98 Å². The Morgan fingerprint density at radius 3 is 2.45 bits per heavy atom. The van der Waals surface area contributed by atoms with Gasteiger partial charge in [-0.2, -0.15) is 0 Å².